The van der Waals surface area contributed by atoms with Gasteiger partial charge < -0.3 is 10.6 Å². The fourth-order valence-electron chi connectivity index (χ4n) is 2.80. The highest BCUT2D eigenvalue weighted by atomic mass is 35.5. The van der Waals surface area contributed by atoms with Gasteiger partial charge in [-0.25, -0.2) is 0 Å². The van der Waals surface area contributed by atoms with E-state index in [-0.39, 0.29) is 18.3 Å². The Balaban J connectivity index is 0.00000208. The molecule has 130 valence electrons. The zero-order chi connectivity index (χ0) is 16.2. The SMILES string of the molecule is Cl.Nc1cccc(CC(=O)N2CCN(Cc3ccc(Cl)s3)CC2)c1. The minimum atomic E-state index is 0. The first-order valence-corrected chi connectivity index (χ1v) is 8.88. The zero-order valence-electron chi connectivity index (χ0n) is 13.3. The van der Waals surface area contributed by atoms with Crippen molar-refractivity contribution in [2.45, 2.75) is 13.0 Å². The number of rotatable bonds is 4. The number of thiophene rings is 1. The fraction of sp³-hybridized carbons (Fsp3) is 0.353. The van der Waals surface area contributed by atoms with Gasteiger partial charge in [0.2, 0.25) is 5.91 Å². The molecular formula is C17H21Cl2N3OS. The van der Waals surface area contributed by atoms with E-state index in [4.69, 9.17) is 17.3 Å². The number of benzene rings is 1. The molecule has 24 heavy (non-hydrogen) atoms. The molecule has 2 heterocycles. The molecule has 0 aliphatic carbocycles. The maximum atomic E-state index is 12.4. The number of piperazine rings is 1. The van der Waals surface area contributed by atoms with E-state index in [0.717, 1.165) is 42.6 Å². The van der Waals surface area contributed by atoms with Gasteiger partial charge in [-0.05, 0) is 29.8 Å². The number of hydrogen-bond acceptors (Lipinski definition) is 4. The quantitative estimate of drug-likeness (QED) is 0.821. The summed E-state index contributed by atoms with van der Waals surface area (Å²) in [5, 5.41) is 0. The smallest absolute Gasteiger partial charge is 0.227 e. The predicted octanol–water partition coefficient (Wildman–Crippen LogP) is 3.29. The summed E-state index contributed by atoms with van der Waals surface area (Å²) in [4.78, 5) is 18.0. The van der Waals surface area contributed by atoms with Gasteiger partial charge in [0.1, 0.15) is 0 Å². The van der Waals surface area contributed by atoms with E-state index in [2.05, 4.69) is 11.0 Å². The summed E-state index contributed by atoms with van der Waals surface area (Å²) >= 11 is 7.59. The van der Waals surface area contributed by atoms with Crippen LogP contribution in [0.25, 0.3) is 0 Å². The lowest BCUT2D eigenvalue weighted by molar-refractivity contribution is -0.132. The van der Waals surface area contributed by atoms with Gasteiger partial charge in [-0.2, -0.15) is 0 Å². The van der Waals surface area contributed by atoms with E-state index in [1.54, 1.807) is 11.3 Å². The van der Waals surface area contributed by atoms with Crippen LogP contribution in [-0.4, -0.2) is 41.9 Å². The van der Waals surface area contributed by atoms with Crippen LogP contribution in [-0.2, 0) is 17.8 Å². The van der Waals surface area contributed by atoms with Crippen molar-refractivity contribution in [3.05, 3.63) is 51.2 Å². The van der Waals surface area contributed by atoms with Crippen molar-refractivity contribution in [1.82, 2.24) is 9.80 Å². The van der Waals surface area contributed by atoms with Gasteiger partial charge in [-0.15, -0.1) is 23.7 Å². The van der Waals surface area contributed by atoms with Crippen LogP contribution in [0, 0.1) is 0 Å². The number of halogens is 2. The molecule has 1 amide bonds. The molecule has 7 heteroatoms. The van der Waals surface area contributed by atoms with Crippen LogP contribution >= 0.6 is 35.3 Å². The summed E-state index contributed by atoms with van der Waals surface area (Å²) in [6.07, 6.45) is 0.422. The molecular weight excluding hydrogens is 365 g/mol. The first-order valence-electron chi connectivity index (χ1n) is 7.69. The number of nitrogen functional groups attached to an aromatic ring is 1. The zero-order valence-corrected chi connectivity index (χ0v) is 15.7. The third-order valence-corrected chi connectivity index (χ3v) is 5.26. The first kappa shape index (κ1) is 19.1. The van der Waals surface area contributed by atoms with E-state index >= 15 is 0 Å². The Labute approximate surface area is 157 Å². The van der Waals surface area contributed by atoms with E-state index in [0.29, 0.717) is 12.1 Å². The molecule has 0 spiro atoms. The number of carbonyl (C=O) groups is 1. The molecule has 1 aromatic carbocycles. The average molecular weight is 386 g/mol. The van der Waals surface area contributed by atoms with Gasteiger partial charge in [0.05, 0.1) is 10.8 Å². The molecule has 0 atom stereocenters. The molecule has 1 aromatic heterocycles. The Hall–Kier alpha value is -1.27. The number of nitrogens with zero attached hydrogens (tertiary/aromatic N) is 2. The summed E-state index contributed by atoms with van der Waals surface area (Å²) in [6, 6.07) is 11.6. The van der Waals surface area contributed by atoms with Crippen molar-refractivity contribution in [3.63, 3.8) is 0 Å². The Bertz CT molecular complexity index is 684. The van der Waals surface area contributed by atoms with Gasteiger partial charge in [0, 0.05) is 43.3 Å². The monoisotopic (exact) mass is 385 g/mol. The van der Waals surface area contributed by atoms with Gasteiger partial charge in [-0.1, -0.05) is 23.7 Å². The maximum Gasteiger partial charge on any atom is 0.227 e. The topological polar surface area (TPSA) is 49.6 Å². The molecule has 1 saturated heterocycles. The van der Waals surface area contributed by atoms with Crippen LogP contribution in [0.4, 0.5) is 5.69 Å². The molecule has 0 bridgehead atoms. The van der Waals surface area contributed by atoms with Crippen molar-refractivity contribution in [1.29, 1.82) is 0 Å². The highest BCUT2D eigenvalue weighted by molar-refractivity contribution is 7.16. The van der Waals surface area contributed by atoms with E-state index in [9.17, 15) is 4.79 Å². The predicted molar refractivity (Wildman–Crippen MR) is 103 cm³/mol. The summed E-state index contributed by atoms with van der Waals surface area (Å²) in [5.74, 6) is 0.175. The Kier molecular flexibility index (Phi) is 6.92. The molecule has 1 aliphatic rings. The Morgan fingerprint density at radius 1 is 1.17 bits per heavy atom. The van der Waals surface area contributed by atoms with Gasteiger partial charge in [-0.3, -0.25) is 9.69 Å². The summed E-state index contributed by atoms with van der Waals surface area (Å²) < 4.78 is 0.830. The number of nitrogens with two attached hydrogens (primary N) is 1. The second kappa shape index (κ2) is 8.72. The lowest BCUT2D eigenvalue weighted by atomic mass is 10.1. The molecule has 0 radical (unpaired) electrons. The summed E-state index contributed by atoms with van der Waals surface area (Å²) in [5.41, 5.74) is 7.45. The van der Waals surface area contributed by atoms with Crippen LogP contribution in [0.15, 0.2) is 36.4 Å². The van der Waals surface area contributed by atoms with Crippen LogP contribution in [0.5, 0.6) is 0 Å². The summed E-state index contributed by atoms with van der Waals surface area (Å²) in [6.45, 7) is 4.27. The molecule has 4 nitrogen and oxygen atoms in total. The van der Waals surface area contributed by atoms with Crippen LogP contribution in [0.3, 0.4) is 0 Å². The third-order valence-electron chi connectivity index (χ3n) is 4.04. The highest BCUT2D eigenvalue weighted by Gasteiger charge is 2.21. The lowest BCUT2D eigenvalue weighted by Crippen LogP contribution is -2.48. The molecule has 3 rings (SSSR count). The average Bonchev–Trinajstić information content (AvgIpc) is 2.93. The summed E-state index contributed by atoms with van der Waals surface area (Å²) in [7, 11) is 0. The molecule has 0 saturated carbocycles. The van der Waals surface area contributed by atoms with Crippen molar-refractivity contribution in [2.24, 2.45) is 0 Å². The van der Waals surface area contributed by atoms with Gasteiger partial charge in [0.15, 0.2) is 0 Å². The number of carbonyl (C=O) groups excluding carboxylic acids is 1. The second-order valence-electron chi connectivity index (χ2n) is 5.78. The van der Waals surface area contributed by atoms with Crippen molar-refractivity contribution in [3.8, 4) is 0 Å². The van der Waals surface area contributed by atoms with Crippen LogP contribution < -0.4 is 5.73 Å². The third kappa shape index (κ3) is 5.11. The number of anilines is 1. The van der Waals surface area contributed by atoms with Gasteiger partial charge >= 0.3 is 0 Å². The van der Waals surface area contributed by atoms with Crippen molar-refractivity contribution >= 4 is 46.9 Å². The van der Waals surface area contributed by atoms with E-state index < -0.39 is 0 Å². The van der Waals surface area contributed by atoms with Crippen LogP contribution in [0.2, 0.25) is 4.34 Å². The minimum absolute atomic E-state index is 0. The van der Waals surface area contributed by atoms with E-state index in [1.807, 2.05) is 35.2 Å². The lowest BCUT2D eigenvalue weighted by Gasteiger charge is -2.34. The molecule has 2 aromatic rings. The first-order chi connectivity index (χ1) is 11.1. The van der Waals surface area contributed by atoms with E-state index in [1.165, 1.54) is 4.88 Å². The van der Waals surface area contributed by atoms with Crippen LogP contribution in [0.1, 0.15) is 10.4 Å². The number of amides is 1. The Morgan fingerprint density at radius 2 is 1.92 bits per heavy atom. The normalized spacial score (nSPS) is 15.1. The molecule has 1 fully saturated rings. The standard InChI is InChI=1S/C17H20ClN3OS.ClH/c18-16-5-4-15(23-16)12-20-6-8-21(9-7-20)17(22)11-13-2-1-3-14(19)10-13;/h1-5,10H,6-9,11-12,19H2;1H. The van der Waals surface area contributed by atoms with Gasteiger partial charge in [0.25, 0.3) is 0 Å². The Morgan fingerprint density at radius 3 is 2.54 bits per heavy atom. The van der Waals surface area contributed by atoms with Crippen molar-refractivity contribution in [2.75, 3.05) is 31.9 Å². The maximum absolute atomic E-state index is 12.4. The second-order valence-corrected chi connectivity index (χ2v) is 7.58. The highest BCUT2D eigenvalue weighted by Crippen LogP contribution is 2.23. The fourth-order valence-corrected chi connectivity index (χ4v) is 3.93. The largest absolute Gasteiger partial charge is 0.399 e. The minimum Gasteiger partial charge on any atom is -0.399 e. The van der Waals surface area contributed by atoms with Crippen molar-refractivity contribution < 1.29 is 4.79 Å². The molecule has 0 unspecified atom stereocenters. The molecule has 2 N–H and O–H groups in total. The number of hydrogen-bond donors (Lipinski definition) is 1. The molecule has 1 aliphatic heterocycles.